The first kappa shape index (κ1) is 14.6. The molecule has 0 atom stereocenters. The molecule has 0 spiro atoms. The fraction of sp³-hybridized carbons (Fsp3) is 0.125. The molecule has 2 N–H and O–H groups in total. The number of aryl methyl sites for hydroxylation is 1. The molecule has 2 aromatic rings. The van der Waals surface area contributed by atoms with E-state index >= 15 is 0 Å². The van der Waals surface area contributed by atoms with Crippen molar-refractivity contribution in [1.29, 1.82) is 0 Å². The highest BCUT2D eigenvalue weighted by Gasteiger charge is 2.07. The maximum atomic E-state index is 11.9. The third-order valence-corrected chi connectivity index (χ3v) is 2.89. The van der Waals surface area contributed by atoms with E-state index in [4.69, 9.17) is 9.94 Å². The topological polar surface area (TPSA) is 70.9 Å². The number of rotatable bonds is 5. The van der Waals surface area contributed by atoms with E-state index in [2.05, 4.69) is 10.5 Å². The Morgan fingerprint density at radius 2 is 1.95 bits per heavy atom. The number of hydrogen-bond acceptors (Lipinski definition) is 4. The molecule has 2 aromatic carbocycles. The number of carbonyl (C=O) groups is 1. The second-order valence-electron chi connectivity index (χ2n) is 4.43. The van der Waals surface area contributed by atoms with Crippen LogP contribution in [0.4, 0.5) is 5.69 Å². The summed E-state index contributed by atoms with van der Waals surface area (Å²) in [6, 6.07) is 14.5. The number of para-hydroxylation sites is 2. The van der Waals surface area contributed by atoms with E-state index in [1.807, 2.05) is 31.2 Å². The minimum absolute atomic E-state index is 0.120. The Balaban J connectivity index is 1.97. The summed E-state index contributed by atoms with van der Waals surface area (Å²) in [5.74, 6) is 0.232. The van der Waals surface area contributed by atoms with Crippen LogP contribution in [0.25, 0.3) is 0 Å². The Labute approximate surface area is 122 Å². The molecule has 2 rings (SSSR count). The van der Waals surface area contributed by atoms with Gasteiger partial charge >= 0.3 is 0 Å². The van der Waals surface area contributed by atoms with Gasteiger partial charge in [0.2, 0.25) is 0 Å². The molecule has 0 bridgehead atoms. The number of nitrogens with zero attached hydrogens (tertiary/aromatic N) is 1. The van der Waals surface area contributed by atoms with Crippen LogP contribution in [0.2, 0.25) is 0 Å². The summed E-state index contributed by atoms with van der Waals surface area (Å²) in [5, 5.41) is 14.3. The summed E-state index contributed by atoms with van der Waals surface area (Å²) in [7, 11) is 0. The van der Waals surface area contributed by atoms with E-state index in [9.17, 15) is 4.79 Å². The standard InChI is InChI=1S/C16H16N2O3/c1-12-6-2-4-8-14(12)18-16(19)11-21-15-9-5-3-7-13(15)10-17-20/h2-10,20H,11H2,1H3,(H,18,19)/b17-10+. The molecule has 5 heteroatoms. The van der Waals surface area contributed by atoms with E-state index in [1.165, 1.54) is 6.21 Å². The molecular formula is C16H16N2O3. The lowest BCUT2D eigenvalue weighted by Gasteiger charge is -2.10. The Morgan fingerprint density at radius 3 is 2.71 bits per heavy atom. The first-order valence-corrected chi connectivity index (χ1v) is 6.45. The third-order valence-electron chi connectivity index (χ3n) is 2.89. The molecule has 0 saturated heterocycles. The number of carbonyl (C=O) groups excluding carboxylic acids is 1. The maximum Gasteiger partial charge on any atom is 0.262 e. The van der Waals surface area contributed by atoms with Gasteiger partial charge in [-0.25, -0.2) is 0 Å². The molecule has 0 radical (unpaired) electrons. The fourth-order valence-corrected chi connectivity index (χ4v) is 1.82. The number of amides is 1. The first-order valence-electron chi connectivity index (χ1n) is 6.45. The molecule has 108 valence electrons. The van der Waals surface area contributed by atoms with Crippen LogP contribution in [0, 0.1) is 6.92 Å². The van der Waals surface area contributed by atoms with Crippen molar-refractivity contribution in [1.82, 2.24) is 0 Å². The lowest BCUT2D eigenvalue weighted by atomic mass is 10.2. The van der Waals surface area contributed by atoms with Crippen molar-refractivity contribution in [3.05, 3.63) is 59.7 Å². The molecule has 0 fully saturated rings. The highest BCUT2D eigenvalue weighted by molar-refractivity contribution is 5.92. The molecule has 1 amide bonds. The molecule has 0 aliphatic heterocycles. The molecule has 0 aromatic heterocycles. The number of anilines is 1. The predicted molar refractivity (Wildman–Crippen MR) is 81.1 cm³/mol. The van der Waals surface area contributed by atoms with Gasteiger partial charge in [-0.3, -0.25) is 4.79 Å². The van der Waals surface area contributed by atoms with Gasteiger partial charge in [0.25, 0.3) is 5.91 Å². The molecule has 0 aliphatic carbocycles. The average molecular weight is 284 g/mol. The summed E-state index contributed by atoms with van der Waals surface area (Å²) in [4.78, 5) is 11.9. The minimum atomic E-state index is -0.250. The second kappa shape index (κ2) is 7.09. The van der Waals surface area contributed by atoms with Crippen molar-refractivity contribution in [2.24, 2.45) is 5.16 Å². The zero-order valence-corrected chi connectivity index (χ0v) is 11.6. The molecule has 21 heavy (non-hydrogen) atoms. The number of nitrogens with one attached hydrogen (secondary N) is 1. The quantitative estimate of drug-likeness (QED) is 0.504. The summed E-state index contributed by atoms with van der Waals surface area (Å²) >= 11 is 0. The summed E-state index contributed by atoms with van der Waals surface area (Å²) in [6.45, 7) is 1.80. The number of hydrogen-bond donors (Lipinski definition) is 2. The van der Waals surface area contributed by atoms with Crippen molar-refractivity contribution in [3.8, 4) is 5.75 Å². The van der Waals surface area contributed by atoms with E-state index in [0.717, 1.165) is 11.3 Å². The average Bonchev–Trinajstić information content (AvgIpc) is 2.49. The molecule has 0 saturated carbocycles. The van der Waals surface area contributed by atoms with Gasteiger partial charge < -0.3 is 15.3 Å². The molecule has 0 aliphatic rings. The first-order chi connectivity index (χ1) is 10.2. The molecule has 0 unspecified atom stereocenters. The summed E-state index contributed by atoms with van der Waals surface area (Å²) in [6.07, 6.45) is 1.26. The summed E-state index contributed by atoms with van der Waals surface area (Å²) in [5.41, 5.74) is 2.35. The van der Waals surface area contributed by atoms with Gasteiger partial charge in [0.05, 0.1) is 6.21 Å². The van der Waals surface area contributed by atoms with Gasteiger partial charge in [-0.15, -0.1) is 0 Å². The Hall–Kier alpha value is -2.82. The van der Waals surface area contributed by atoms with Crippen LogP contribution in [0.1, 0.15) is 11.1 Å². The summed E-state index contributed by atoms with van der Waals surface area (Å²) < 4.78 is 5.45. The fourth-order valence-electron chi connectivity index (χ4n) is 1.82. The monoisotopic (exact) mass is 284 g/mol. The van der Waals surface area contributed by atoms with Crippen molar-refractivity contribution < 1.29 is 14.7 Å². The van der Waals surface area contributed by atoms with Crippen LogP contribution in [0.5, 0.6) is 5.75 Å². The van der Waals surface area contributed by atoms with Gasteiger partial charge in [-0.1, -0.05) is 35.5 Å². The van der Waals surface area contributed by atoms with Gasteiger partial charge in [-0.05, 0) is 30.7 Å². The SMILES string of the molecule is Cc1ccccc1NC(=O)COc1ccccc1/C=N/O. The third kappa shape index (κ3) is 4.07. The smallest absolute Gasteiger partial charge is 0.262 e. The van der Waals surface area contributed by atoms with E-state index < -0.39 is 0 Å². The Morgan fingerprint density at radius 1 is 1.24 bits per heavy atom. The Kier molecular flexibility index (Phi) is 4.93. The Bertz CT molecular complexity index is 653. The highest BCUT2D eigenvalue weighted by atomic mass is 16.5. The van der Waals surface area contributed by atoms with Crippen LogP contribution in [-0.4, -0.2) is 23.9 Å². The second-order valence-corrected chi connectivity index (χ2v) is 4.43. The maximum absolute atomic E-state index is 11.9. The minimum Gasteiger partial charge on any atom is -0.483 e. The number of ether oxygens (including phenoxy) is 1. The zero-order chi connectivity index (χ0) is 15.1. The van der Waals surface area contributed by atoms with Crippen LogP contribution >= 0.6 is 0 Å². The van der Waals surface area contributed by atoms with Gasteiger partial charge in [0.1, 0.15) is 5.75 Å². The van der Waals surface area contributed by atoms with Gasteiger partial charge in [-0.2, -0.15) is 0 Å². The van der Waals surface area contributed by atoms with Crippen LogP contribution in [0.3, 0.4) is 0 Å². The van der Waals surface area contributed by atoms with Crippen LogP contribution < -0.4 is 10.1 Å². The van der Waals surface area contributed by atoms with Gasteiger partial charge in [0.15, 0.2) is 6.61 Å². The van der Waals surface area contributed by atoms with Crippen molar-refractivity contribution in [2.75, 3.05) is 11.9 Å². The largest absolute Gasteiger partial charge is 0.483 e. The van der Waals surface area contributed by atoms with Gasteiger partial charge in [0, 0.05) is 11.3 Å². The lowest BCUT2D eigenvalue weighted by Crippen LogP contribution is -2.21. The predicted octanol–water partition coefficient (Wildman–Crippen LogP) is 2.82. The normalized spacial score (nSPS) is 10.5. The zero-order valence-electron chi connectivity index (χ0n) is 11.6. The highest BCUT2D eigenvalue weighted by Crippen LogP contribution is 2.16. The molecular weight excluding hydrogens is 268 g/mol. The molecule has 5 nitrogen and oxygen atoms in total. The number of benzene rings is 2. The van der Waals surface area contributed by atoms with Crippen molar-refractivity contribution >= 4 is 17.8 Å². The van der Waals surface area contributed by atoms with E-state index in [1.54, 1.807) is 24.3 Å². The van der Waals surface area contributed by atoms with Crippen LogP contribution in [-0.2, 0) is 4.79 Å². The van der Waals surface area contributed by atoms with E-state index in [0.29, 0.717) is 11.3 Å². The number of oxime groups is 1. The van der Waals surface area contributed by atoms with Crippen molar-refractivity contribution in [3.63, 3.8) is 0 Å². The van der Waals surface area contributed by atoms with E-state index in [-0.39, 0.29) is 12.5 Å². The van der Waals surface area contributed by atoms with Crippen LogP contribution in [0.15, 0.2) is 53.7 Å². The van der Waals surface area contributed by atoms with Crippen molar-refractivity contribution in [2.45, 2.75) is 6.92 Å². The molecule has 0 heterocycles. The lowest BCUT2D eigenvalue weighted by molar-refractivity contribution is -0.118.